The number of hydrogen-bond donors (Lipinski definition) is 1. The summed E-state index contributed by atoms with van der Waals surface area (Å²) in [5, 5.41) is 10.9. The minimum atomic E-state index is -0.521. The minimum absolute atomic E-state index is 0.0128. The van der Waals surface area contributed by atoms with E-state index in [1.807, 2.05) is 54.6 Å². The molecule has 2 heteroatoms. The van der Waals surface area contributed by atoms with E-state index in [4.69, 9.17) is 0 Å². The third kappa shape index (κ3) is 4.25. The first-order valence-electron chi connectivity index (χ1n) is 7.78. The largest absolute Gasteiger partial charge is 0.387 e. The van der Waals surface area contributed by atoms with E-state index in [1.165, 1.54) is 5.56 Å². The Morgan fingerprint density at radius 2 is 1.13 bits per heavy atom. The van der Waals surface area contributed by atoms with Crippen molar-refractivity contribution in [2.75, 3.05) is 0 Å². The number of thioether (sulfide) groups is 1. The van der Waals surface area contributed by atoms with Crippen LogP contribution in [0.5, 0.6) is 0 Å². The third-order valence-electron chi connectivity index (χ3n) is 3.83. The van der Waals surface area contributed by atoms with Gasteiger partial charge in [0, 0.05) is 5.75 Å². The molecule has 0 fully saturated rings. The van der Waals surface area contributed by atoms with Gasteiger partial charge in [-0.25, -0.2) is 0 Å². The predicted octanol–water partition coefficient (Wildman–Crippen LogP) is 5.39. The molecule has 0 saturated heterocycles. The molecule has 116 valence electrons. The van der Waals surface area contributed by atoms with E-state index in [9.17, 15) is 5.11 Å². The maximum atomic E-state index is 10.9. The van der Waals surface area contributed by atoms with Gasteiger partial charge in [0.2, 0.25) is 0 Å². The normalized spacial score (nSPS) is 13.4. The van der Waals surface area contributed by atoms with E-state index in [0.717, 1.165) is 16.9 Å². The average Bonchev–Trinajstić information content (AvgIpc) is 2.64. The van der Waals surface area contributed by atoms with Gasteiger partial charge in [0.15, 0.2) is 0 Å². The van der Waals surface area contributed by atoms with Crippen molar-refractivity contribution in [2.24, 2.45) is 0 Å². The Morgan fingerprint density at radius 3 is 1.70 bits per heavy atom. The molecule has 3 rings (SSSR count). The topological polar surface area (TPSA) is 20.2 Å². The second-order valence-corrected chi connectivity index (χ2v) is 6.61. The fourth-order valence-electron chi connectivity index (χ4n) is 2.60. The number of hydrogen-bond acceptors (Lipinski definition) is 2. The summed E-state index contributed by atoms with van der Waals surface area (Å²) in [4.78, 5) is 0. The predicted molar refractivity (Wildman–Crippen MR) is 98.3 cm³/mol. The first-order chi connectivity index (χ1) is 11.3. The van der Waals surface area contributed by atoms with Crippen LogP contribution in [-0.2, 0) is 5.75 Å². The number of benzene rings is 3. The average molecular weight is 320 g/mol. The molecule has 1 N–H and O–H groups in total. The summed E-state index contributed by atoms with van der Waals surface area (Å²) >= 11 is 1.78. The van der Waals surface area contributed by atoms with Crippen molar-refractivity contribution in [1.82, 2.24) is 0 Å². The van der Waals surface area contributed by atoms with Crippen molar-refractivity contribution in [3.63, 3.8) is 0 Å². The standard InChI is InChI=1S/C21H20OS/c22-20(18-12-6-2-7-13-18)21(19-14-8-3-9-15-19)23-16-17-10-4-1-5-11-17/h1-15,20-22H,16H2/t20-,21-/m0/s1. The quantitative estimate of drug-likeness (QED) is 0.656. The molecule has 3 aromatic carbocycles. The molecule has 0 amide bonds. The van der Waals surface area contributed by atoms with Gasteiger partial charge >= 0.3 is 0 Å². The summed E-state index contributed by atoms with van der Waals surface area (Å²) in [6.45, 7) is 0. The van der Waals surface area contributed by atoms with E-state index in [2.05, 4.69) is 36.4 Å². The van der Waals surface area contributed by atoms with Crippen LogP contribution in [0.15, 0.2) is 91.0 Å². The number of aliphatic hydroxyl groups is 1. The lowest BCUT2D eigenvalue weighted by Crippen LogP contribution is -2.08. The van der Waals surface area contributed by atoms with E-state index in [1.54, 1.807) is 11.8 Å². The zero-order valence-electron chi connectivity index (χ0n) is 12.9. The highest BCUT2D eigenvalue weighted by molar-refractivity contribution is 7.98. The molecule has 0 aliphatic carbocycles. The van der Waals surface area contributed by atoms with Gasteiger partial charge in [0.1, 0.15) is 0 Å². The van der Waals surface area contributed by atoms with Gasteiger partial charge in [-0.2, -0.15) is 0 Å². The summed E-state index contributed by atoms with van der Waals surface area (Å²) in [6.07, 6.45) is -0.521. The molecule has 3 aromatic rings. The fourth-order valence-corrected chi connectivity index (χ4v) is 3.85. The molecule has 0 aliphatic rings. The molecule has 2 atom stereocenters. The second kappa shape index (κ2) is 8.00. The molecule has 0 aromatic heterocycles. The lowest BCUT2D eigenvalue weighted by Gasteiger charge is -2.23. The second-order valence-electron chi connectivity index (χ2n) is 5.48. The Labute approximate surface area is 142 Å². The van der Waals surface area contributed by atoms with Crippen LogP contribution < -0.4 is 0 Å². The highest BCUT2D eigenvalue weighted by atomic mass is 32.2. The molecule has 0 bridgehead atoms. The molecule has 0 radical (unpaired) electrons. The smallest absolute Gasteiger partial charge is 0.0949 e. The molecule has 0 spiro atoms. The van der Waals surface area contributed by atoms with Crippen molar-refractivity contribution >= 4 is 11.8 Å². The lowest BCUT2D eigenvalue weighted by atomic mass is 10.0. The summed E-state index contributed by atoms with van der Waals surface area (Å²) in [6, 6.07) is 30.6. The highest BCUT2D eigenvalue weighted by Crippen LogP contribution is 2.41. The van der Waals surface area contributed by atoms with E-state index < -0.39 is 6.10 Å². The maximum Gasteiger partial charge on any atom is 0.0949 e. The van der Waals surface area contributed by atoms with Crippen LogP contribution in [0.2, 0.25) is 0 Å². The van der Waals surface area contributed by atoms with E-state index >= 15 is 0 Å². The Bertz CT molecular complexity index is 698. The Hall–Kier alpha value is -2.03. The summed E-state index contributed by atoms with van der Waals surface area (Å²) in [7, 11) is 0. The molecule has 0 saturated carbocycles. The zero-order chi connectivity index (χ0) is 15.9. The highest BCUT2D eigenvalue weighted by Gasteiger charge is 2.23. The van der Waals surface area contributed by atoms with Crippen molar-refractivity contribution in [3.05, 3.63) is 108 Å². The van der Waals surface area contributed by atoms with E-state index in [0.29, 0.717) is 0 Å². The van der Waals surface area contributed by atoms with Crippen LogP contribution in [0.4, 0.5) is 0 Å². The van der Waals surface area contributed by atoms with Gasteiger partial charge in [-0.05, 0) is 16.7 Å². The van der Waals surface area contributed by atoms with Crippen LogP contribution >= 0.6 is 11.8 Å². The number of rotatable bonds is 6. The van der Waals surface area contributed by atoms with Gasteiger partial charge < -0.3 is 5.11 Å². The maximum absolute atomic E-state index is 10.9. The minimum Gasteiger partial charge on any atom is -0.387 e. The van der Waals surface area contributed by atoms with Gasteiger partial charge in [-0.1, -0.05) is 91.0 Å². The first-order valence-corrected chi connectivity index (χ1v) is 8.83. The fraction of sp³-hybridized carbons (Fsp3) is 0.143. The summed E-state index contributed by atoms with van der Waals surface area (Å²) in [5.41, 5.74) is 3.39. The Balaban J connectivity index is 1.82. The lowest BCUT2D eigenvalue weighted by molar-refractivity contribution is 0.175. The Kier molecular flexibility index (Phi) is 5.51. The zero-order valence-corrected chi connectivity index (χ0v) is 13.7. The molecular weight excluding hydrogens is 300 g/mol. The SMILES string of the molecule is O[C@@H](c1ccccc1)[C@@H](SCc1ccccc1)c1ccccc1. The first kappa shape index (κ1) is 15.9. The Morgan fingerprint density at radius 1 is 0.652 bits per heavy atom. The van der Waals surface area contributed by atoms with Gasteiger partial charge in [-0.3, -0.25) is 0 Å². The van der Waals surface area contributed by atoms with Gasteiger partial charge in [-0.15, -0.1) is 11.8 Å². The molecular formula is C21H20OS. The van der Waals surface area contributed by atoms with Gasteiger partial charge in [0.05, 0.1) is 11.4 Å². The van der Waals surface area contributed by atoms with Crippen LogP contribution in [0.3, 0.4) is 0 Å². The summed E-state index contributed by atoms with van der Waals surface area (Å²) < 4.78 is 0. The summed E-state index contributed by atoms with van der Waals surface area (Å²) in [5.74, 6) is 0.879. The number of aliphatic hydroxyl groups excluding tert-OH is 1. The van der Waals surface area contributed by atoms with Gasteiger partial charge in [0.25, 0.3) is 0 Å². The third-order valence-corrected chi connectivity index (χ3v) is 5.22. The van der Waals surface area contributed by atoms with E-state index in [-0.39, 0.29) is 5.25 Å². The van der Waals surface area contributed by atoms with Crippen LogP contribution in [0.1, 0.15) is 28.0 Å². The monoisotopic (exact) mass is 320 g/mol. The molecule has 0 unspecified atom stereocenters. The van der Waals surface area contributed by atoms with Crippen LogP contribution in [0.25, 0.3) is 0 Å². The molecule has 1 nitrogen and oxygen atoms in total. The van der Waals surface area contributed by atoms with Crippen LogP contribution in [-0.4, -0.2) is 5.11 Å². The molecule has 23 heavy (non-hydrogen) atoms. The van der Waals surface area contributed by atoms with Crippen molar-refractivity contribution in [2.45, 2.75) is 17.1 Å². The van der Waals surface area contributed by atoms with Crippen molar-refractivity contribution in [1.29, 1.82) is 0 Å². The molecule has 0 heterocycles. The van der Waals surface area contributed by atoms with Crippen LogP contribution in [0, 0.1) is 0 Å². The molecule has 0 aliphatic heterocycles. The van der Waals surface area contributed by atoms with Crippen molar-refractivity contribution in [3.8, 4) is 0 Å². The van der Waals surface area contributed by atoms with Crippen molar-refractivity contribution < 1.29 is 5.11 Å².